The Morgan fingerprint density at radius 3 is 2.00 bits per heavy atom. The molecule has 0 saturated heterocycles. The molecule has 2 aromatic carbocycles. The highest BCUT2D eigenvalue weighted by molar-refractivity contribution is 5.64. The van der Waals surface area contributed by atoms with E-state index < -0.39 is 0 Å². The highest BCUT2D eigenvalue weighted by Crippen LogP contribution is 2.24. The summed E-state index contributed by atoms with van der Waals surface area (Å²) in [5.41, 5.74) is 5.16. The van der Waals surface area contributed by atoms with Gasteiger partial charge in [-0.3, -0.25) is 0 Å². The van der Waals surface area contributed by atoms with Crippen molar-refractivity contribution in [1.82, 2.24) is 0 Å². The molecule has 0 atom stereocenters. The van der Waals surface area contributed by atoms with E-state index in [2.05, 4.69) is 62.0 Å². The average molecular weight is 379 g/mol. The third kappa shape index (κ3) is 6.83. The second kappa shape index (κ2) is 11.1. The topological polar surface area (TPSA) is 18.5 Å². The summed E-state index contributed by atoms with van der Waals surface area (Å²) in [6.45, 7) is 7.86. The van der Waals surface area contributed by atoms with E-state index in [1.165, 1.54) is 35.1 Å². The van der Waals surface area contributed by atoms with E-state index >= 15 is 0 Å². The summed E-state index contributed by atoms with van der Waals surface area (Å²) < 4.78 is 11.9. The van der Waals surface area contributed by atoms with Crippen LogP contribution in [0.2, 0.25) is 0 Å². The second-order valence-electron chi connectivity index (χ2n) is 7.97. The molecule has 0 radical (unpaired) electrons. The number of rotatable bonds is 10. The molecule has 2 nitrogen and oxygen atoms in total. The lowest BCUT2D eigenvalue weighted by molar-refractivity contribution is 0.0332. The van der Waals surface area contributed by atoms with E-state index in [9.17, 15) is 0 Å². The smallest absolute Gasteiger partial charge is 0.119 e. The maximum atomic E-state index is 5.99. The minimum absolute atomic E-state index is 0.469. The molecule has 2 aromatic rings. The van der Waals surface area contributed by atoms with Crippen molar-refractivity contribution in [1.29, 1.82) is 0 Å². The lowest BCUT2D eigenvalue weighted by Crippen LogP contribution is -2.18. The van der Waals surface area contributed by atoms with Gasteiger partial charge in [0, 0.05) is 6.61 Å². The number of hydrogen-bond acceptors (Lipinski definition) is 2. The summed E-state index contributed by atoms with van der Waals surface area (Å²) in [6, 6.07) is 17.0. The Labute approximate surface area is 170 Å². The van der Waals surface area contributed by atoms with Gasteiger partial charge in [-0.2, -0.15) is 0 Å². The molecule has 0 bridgehead atoms. The highest BCUT2D eigenvalue weighted by Gasteiger charge is 2.15. The summed E-state index contributed by atoms with van der Waals surface area (Å²) >= 11 is 0. The van der Waals surface area contributed by atoms with Gasteiger partial charge in [-0.05, 0) is 75.1 Å². The molecular weight excluding hydrogens is 344 g/mol. The Morgan fingerprint density at radius 1 is 0.786 bits per heavy atom. The lowest BCUT2D eigenvalue weighted by Gasteiger charge is -2.23. The van der Waals surface area contributed by atoms with Gasteiger partial charge in [-0.15, -0.1) is 0 Å². The summed E-state index contributed by atoms with van der Waals surface area (Å²) in [5.74, 6) is 0.957. The van der Waals surface area contributed by atoms with Crippen LogP contribution in [0.1, 0.15) is 56.9 Å². The third-order valence-corrected chi connectivity index (χ3v) is 5.54. The Kier molecular flexibility index (Phi) is 8.17. The first-order chi connectivity index (χ1) is 13.7. The molecule has 0 aliphatic heterocycles. The van der Waals surface area contributed by atoms with Gasteiger partial charge < -0.3 is 9.47 Å². The quantitative estimate of drug-likeness (QED) is 0.324. The fraction of sp³-hybridized carbons (Fsp3) is 0.462. The monoisotopic (exact) mass is 378 g/mol. The van der Waals surface area contributed by atoms with Crippen LogP contribution in [-0.4, -0.2) is 19.3 Å². The van der Waals surface area contributed by atoms with Gasteiger partial charge in [-0.1, -0.05) is 60.5 Å². The predicted molar refractivity (Wildman–Crippen MR) is 118 cm³/mol. The first kappa shape index (κ1) is 20.7. The molecule has 0 aromatic heterocycles. The molecule has 0 unspecified atom stereocenters. The number of ether oxygens (including phenoxy) is 2. The van der Waals surface area contributed by atoms with Crippen molar-refractivity contribution in [2.75, 3.05) is 13.2 Å². The number of aryl methyl sites for hydroxylation is 1. The van der Waals surface area contributed by atoms with Crippen LogP contribution in [0.15, 0.2) is 60.7 Å². The van der Waals surface area contributed by atoms with E-state index in [0.717, 1.165) is 57.5 Å². The van der Waals surface area contributed by atoms with Crippen molar-refractivity contribution in [2.24, 2.45) is 0 Å². The van der Waals surface area contributed by atoms with E-state index in [-0.39, 0.29) is 0 Å². The zero-order valence-electron chi connectivity index (χ0n) is 17.3. The Balaban J connectivity index is 1.24. The van der Waals surface area contributed by atoms with Crippen molar-refractivity contribution in [3.63, 3.8) is 0 Å². The normalized spacial score (nSPS) is 15.0. The molecule has 28 heavy (non-hydrogen) atoms. The van der Waals surface area contributed by atoms with Gasteiger partial charge in [0.05, 0.1) is 12.7 Å². The molecular formula is C26H34O2. The molecule has 2 heteroatoms. The van der Waals surface area contributed by atoms with Gasteiger partial charge in [-0.25, -0.2) is 0 Å². The Hall–Kier alpha value is -2.06. The zero-order valence-corrected chi connectivity index (χ0v) is 17.3. The number of hydrogen-bond donors (Lipinski definition) is 0. The van der Waals surface area contributed by atoms with Crippen molar-refractivity contribution in [3.8, 4) is 16.9 Å². The molecule has 0 spiro atoms. The maximum absolute atomic E-state index is 5.99. The van der Waals surface area contributed by atoms with Gasteiger partial charge in [0.2, 0.25) is 0 Å². The van der Waals surface area contributed by atoms with Crippen LogP contribution in [0.4, 0.5) is 0 Å². The summed E-state index contributed by atoms with van der Waals surface area (Å²) in [4.78, 5) is 0. The molecule has 1 aliphatic carbocycles. The predicted octanol–water partition coefficient (Wildman–Crippen LogP) is 7.12. The van der Waals surface area contributed by atoms with Gasteiger partial charge in [0.15, 0.2) is 0 Å². The van der Waals surface area contributed by atoms with Crippen molar-refractivity contribution < 1.29 is 9.47 Å². The molecule has 3 rings (SSSR count). The van der Waals surface area contributed by atoms with E-state index in [0.29, 0.717) is 6.10 Å². The van der Waals surface area contributed by atoms with Crippen LogP contribution in [0, 0.1) is 6.92 Å². The first-order valence-corrected chi connectivity index (χ1v) is 10.8. The van der Waals surface area contributed by atoms with Crippen LogP contribution in [0.3, 0.4) is 0 Å². The van der Waals surface area contributed by atoms with E-state index in [1.54, 1.807) is 0 Å². The van der Waals surface area contributed by atoms with E-state index in [4.69, 9.17) is 9.47 Å². The standard InChI is InChI=1S/C26H34O2/c1-21-7-11-23(12-8-21)24-13-17-26(18-14-24)28-20-6-4-3-5-19-27-25-15-9-22(2)10-16-25/h7-8,11-14,17-18,25H,2-6,9-10,15-16,19-20H2,1H3. The molecule has 1 aliphatic rings. The summed E-state index contributed by atoms with van der Waals surface area (Å²) in [6.07, 6.45) is 9.76. The second-order valence-corrected chi connectivity index (χ2v) is 7.97. The van der Waals surface area contributed by atoms with Crippen LogP contribution in [0.5, 0.6) is 5.75 Å². The Morgan fingerprint density at radius 2 is 1.36 bits per heavy atom. The molecule has 0 amide bonds. The van der Waals surface area contributed by atoms with Gasteiger partial charge >= 0.3 is 0 Å². The third-order valence-electron chi connectivity index (χ3n) is 5.54. The minimum Gasteiger partial charge on any atom is -0.494 e. The minimum atomic E-state index is 0.469. The molecule has 0 heterocycles. The average Bonchev–Trinajstić information content (AvgIpc) is 2.72. The largest absolute Gasteiger partial charge is 0.494 e. The fourth-order valence-corrected chi connectivity index (χ4v) is 3.65. The highest BCUT2D eigenvalue weighted by atomic mass is 16.5. The molecule has 0 N–H and O–H groups in total. The number of allylic oxidation sites excluding steroid dienone is 1. The number of unbranched alkanes of at least 4 members (excludes halogenated alkanes) is 3. The van der Waals surface area contributed by atoms with Crippen LogP contribution < -0.4 is 4.74 Å². The number of benzene rings is 2. The van der Waals surface area contributed by atoms with Crippen LogP contribution >= 0.6 is 0 Å². The summed E-state index contributed by atoms with van der Waals surface area (Å²) in [5, 5.41) is 0. The van der Waals surface area contributed by atoms with Crippen LogP contribution in [-0.2, 0) is 4.74 Å². The fourth-order valence-electron chi connectivity index (χ4n) is 3.65. The van der Waals surface area contributed by atoms with Crippen molar-refractivity contribution in [2.45, 2.75) is 64.4 Å². The van der Waals surface area contributed by atoms with Crippen molar-refractivity contribution >= 4 is 0 Å². The maximum Gasteiger partial charge on any atom is 0.119 e. The Bertz CT molecular complexity index is 705. The molecule has 1 fully saturated rings. The van der Waals surface area contributed by atoms with E-state index in [1.807, 2.05) is 0 Å². The first-order valence-electron chi connectivity index (χ1n) is 10.8. The van der Waals surface area contributed by atoms with Gasteiger partial charge in [0.1, 0.15) is 5.75 Å². The summed E-state index contributed by atoms with van der Waals surface area (Å²) in [7, 11) is 0. The van der Waals surface area contributed by atoms with Crippen molar-refractivity contribution in [3.05, 3.63) is 66.2 Å². The zero-order chi connectivity index (χ0) is 19.6. The molecule has 1 saturated carbocycles. The van der Waals surface area contributed by atoms with Gasteiger partial charge in [0.25, 0.3) is 0 Å². The molecule has 150 valence electrons. The SMILES string of the molecule is C=C1CCC(OCCCCCCOc2ccc(-c3ccc(C)cc3)cc2)CC1. The van der Waals surface area contributed by atoms with Crippen LogP contribution in [0.25, 0.3) is 11.1 Å². The lowest BCUT2D eigenvalue weighted by atomic mass is 9.94.